The first-order chi connectivity index (χ1) is 11.2. The number of hydrogen-bond acceptors (Lipinski definition) is 5. The van der Waals surface area contributed by atoms with Gasteiger partial charge in [-0.3, -0.25) is 4.79 Å². The molecule has 1 heterocycles. The molecule has 1 aromatic rings. The minimum absolute atomic E-state index is 0.00982. The molecular formula is C17H29N3O3S. The number of carbonyl (C=O) groups excluding carboxylic acids is 2. The standard InChI is InChI=1S/C17H29N3O3S/c1-17(2,3)23-16(22)18-10-6-9-15(21)19-12-13(20(4)5)14-8-7-11-24-14/h7-8,11,13H,6,9-10,12H2,1-5H3,(H,18,22)(H,19,21). The van der Waals surface area contributed by atoms with Gasteiger partial charge in [0.25, 0.3) is 0 Å². The van der Waals surface area contributed by atoms with Gasteiger partial charge in [0.2, 0.25) is 5.91 Å². The summed E-state index contributed by atoms with van der Waals surface area (Å²) in [6, 6.07) is 4.27. The van der Waals surface area contributed by atoms with Crippen molar-refractivity contribution in [2.75, 3.05) is 27.2 Å². The molecule has 1 unspecified atom stereocenters. The van der Waals surface area contributed by atoms with Crippen LogP contribution in [0, 0.1) is 0 Å². The Morgan fingerprint density at radius 1 is 1.29 bits per heavy atom. The molecule has 0 aliphatic heterocycles. The van der Waals surface area contributed by atoms with Crippen LogP contribution in [0.2, 0.25) is 0 Å². The van der Waals surface area contributed by atoms with E-state index in [1.54, 1.807) is 11.3 Å². The number of carbonyl (C=O) groups is 2. The van der Waals surface area contributed by atoms with E-state index in [2.05, 4.69) is 21.6 Å². The molecule has 0 fully saturated rings. The van der Waals surface area contributed by atoms with Gasteiger partial charge in [-0.15, -0.1) is 11.3 Å². The number of likely N-dealkylation sites (N-methyl/N-ethyl adjacent to an activating group) is 1. The average Bonchev–Trinajstić information content (AvgIpc) is 2.95. The molecule has 0 aromatic carbocycles. The Bertz CT molecular complexity index is 510. The molecule has 0 bridgehead atoms. The van der Waals surface area contributed by atoms with Crippen molar-refractivity contribution in [1.82, 2.24) is 15.5 Å². The van der Waals surface area contributed by atoms with Crippen LogP contribution >= 0.6 is 11.3 Å². The summed E-state index contributed by atoms with van der Waals surface area (Å²) in [6.45, 7) is 6.44. The number of thiophene rings is 1. The van der Waals surface area contributed by atoms with Gasteiger partial charge < -0.3 is 20.3 Å². The third kappa shape index (κ3) is 8.31. The molecule has 1 atom stereocenters. The number of ether oxygens (including phenoxy) is 1. The summed E-state index contributed by atoms with van der Waals surface area (Å²) in [5.41, 5.74) is -0.509. The minimum Gasteiger partial charge on any atom is -0.444 e. The summed E-state index contributed by atoms with van der Waals surface area (Å²) in [6.07, 6.45) is 0.505. The average molecular weight is 356 g/mol. The van der Waals surface area contributed by atoms with Crippen molar-refractivity contribution >= 4 is 23.3 Å². The number of amides is 2. The second-order valence-electron chi connectivity index (χ2n) is 6.83. The second kappa shape index (κ2) is 9.64. The van der Waals surface area contributed by atoms with E-state index in [9.17, 15) is 9.59 Å². The number of nitrogens with one attached hydrogen (secondary N) is 2. The zero-order chi connectivity index (χ0) is 18.2. The molecule has 0 saturated carbocycles. The maximum atomic E-state index is 11.9. The zero-order valence-electron chi connectivity index (χ0n) is 15.2. The Kier molecular flexibility index (Phi) is 8.21. The molecular weight excluding hydrogens is 326 g/mol. The van der Waals surface area contributed by atoms with E-state index in [1.165, 1.54) is 4.88 Å². The highest BCUT2D eigenvalue weighted by Gasteiger charge is 2.17. The van der Waals surface area contributed by atoms with Gasteiger partial charge in [0.05, 0.1) is 6.04 Å². The number of nitrogens with zero attached hydrogens (tertiary/aromatic N) is 1. The van der Waals surface area contributed by atoms with Gasteiger partial charge in [-0.05, 0) is 52.7 Å². The fourth-order valence-electron chi connectivity index (χ4n) is 2.07. The van der Waals surface area contributed by atoms with Gasteiger partial charge in [-0.2, -0.15) is 0 Å². The molecule has 24 heavy (non-hydrogen) atoms. The Morgan fingerprint density at radius 2 is 2.00 bits per heavy atom. The van der Waals surface area contributed by atoms with Crippen molar-refractivity contribution in [2.45, 2.75) is 45.3 Å². The zero-order valence-corrected chi connectivity index (χ0v) is 16.0. The van der Waals surface area contributed by atoms with Crippen molar-refractivity contribution in [3.63, 3.8) is 0 Å². The predicted octanol–water partition coefficient (Wildman–Crippen LogP) is 2.77. The smallest absolute Gasteiger partial charge is 0.407 e. The quantitative estimate of drug-likeness (QED) is 0.704. The minimum atomic E-state index is -0.509. The van der Waals surface area contributed by atoms with Crippen LogP contribution in [0.4, 0.5) is 4.79 Å². The van der Waals surface area contributed by atoms with Crippen LogP contribution in [-0.4, -0.2) is 49.7 Å². The van der Waals surface area contributed by atoms with E-state index in [0.29, 0.717) is 25.9 Å². The van der Waals surface area contributed by atoms with Crippen LogP contribution in [0.15, 0.2) is 17.5 Å². The van der Waals surface area contributed by atoms with Crippen LogP contribution in [0.1, 0.15) is 44.5 Å². The van der Waals surface area contributed by atoms with Crippen molar-refractivity contribution in [3.05, 3.63) is 22.4 Å². The third-order valence-electron chi connectivity index (χ3n) is 3.24. The molecule has 7 heteroatoms. The van der Waals surface area contributed by atoms with E-state index in [1.807, 2.05) is 46.3 Å². The topological polar surface area (TPSA) is 70.7 Å². The van der Waals surface area contributed by atoms with E-state index >= 15 is 0 Å². The molecule has 2 N–H and O–H groups in total. The van der Waals surface area contributed by atoms with Crippen LogP contribution < -0.4 is 10.6 Å². The number of rotatable bonds is 8. The Labute approximate surface area is 148 Å². The molecule has 1 rings (SSSR count). The lowest BCUT2D eigenvalue weighted by Gasteiger charge is -2.23. The Hall–Kier alpha value is -1.60. The normalized spacial score (nSPS) is 12.8. The summed E-state index contributed by atoms with van der Waals surface area (Å²) in [7, 11) is 4.00. The molecule has 0 spiro atoms. The summed E-state index contributed by atoms with van der Waals surface area (Å²) in [4.78, 5) is 26.8. The summed E-state index contributed by atoms with van der Waals surface area (Å²) < 4.78 is 5.14. The van der Waals surface area contributed by atoms with Crippen LogP contribution in [0.3, 0.4) is 0 Å². The number of alkyl carbamates (subject to hydrolysis) is 1. The lowest BCUT2D eigenvalue weighted by Crippen LogP contribution is -2.35. The molecule has 6 nitrogen and oxygen atoms in total. The van der Waals surface area contributed by atoms with Crippen molar-refractivity contribution in [1.29, 1.82) is 0 Å². The largest absolute Gasteiger partial charge is 0.444 e. The van der Waals surface area contributed by atoms with Crippen LogP contribution in [0.5, 0.6) is 0 Å². The third-order valence-corrected chi connectivity index (χ3v) is 4.21. The molecule has 2 amide bonds. The van der Waals surface area contributed by atoms with Crippen LogP contribution in [0.25, 0.3) is 0 Å². The highest BCUT2D eigenvalue weighted by molar-refractivity contribution is 7.10. The molecule has 0 saturated heterocycles. The highest BCUT2D eigenvalue weighted by Crippen LogP contribution is 2.22. The molecule has 0 radical (unpaired) electrons. The monoisotopic (exact) mass is 355 g/mol. The lowest BCUT2D eigenvalue weighted by molar-refractivity contribution is -0.121. The highest BCUT2D eigenvalue weighted by atomic mass is 32.1. The van der Waals surface area contributed by atoms with E-state index < -0.39 is 11.7 Å². The van der Waals surface area contributed by atoms with Crippen LogP contribution in [-0.2, 0) is 9.53 Å². The summed E-state index contributed by atoms with van der Waals surface area (Å²) in [5, 5.41) is 7.65. The van der Waals surface area contributed by atoms with Crippen molar-refractivity contribution in [3.8, 4) is 0 Å². The summed E-state index contributed by atoms with van der Waals surface area (Å²) in [5.74, 6) is -0.00982. The van der Waals surface area contributed by atoms with Gasteiger partial charge in [0.15, 0.2) is 0 Å². The fourth-order valence-corrected chi connectivity index (χ4v) is 2.99. The predicted molar refractivity (Wildman–Crippen MR) is 97.2 cm³/mol. The molecule has 1 aromatic heterocycles. The Balaban J connectivity index is 2.23. The lowest BCUT2D eigenvalue weighted by atomic mass is 10.2. The SMILES string of the molecule is CN(C)C(CNC(=O)CCCNC(=O)OC(C)(C)C)c1cccs1. The van der Waals surface area contributed by atoms with Gasteiger partial charge in [0.1, 0.15) is 5.60 Å². The van der Waals surface area contributed by atoms with Gasteiger partial charge >= 0.3 is 6.09 Å². The fraction of sp³-hybridized carbons (Fsp3) is 0.647. The van der Waals surface area contributed by atoms with Crippen molar-refractivity contribution in [2.24, 2.45) is 0 Å². The van der Waals surface area contributed by atoms with E-state index in [-0.39, 0.29) is 11.9 Å². The van der Waals surface area contributed by atoms with Gasteiger partial charge in [-0.25, -0.2) is 4.79 Å². The maximum Gasteiger partial charge on any atom is 0.407 e. The molecule has 0 aliphatic rings. The maximum absolute atomic E-state index is 11.9. The first-order valence-electron chi connectivity index (χ1n) is 8.12. The first-order valence-corrected chi connectivity index (χ1v) is 9.00. The second-order valence-corrected chi connectivity index (χ2v) is 7.81. The molecule has 0 aliphatic carbocycles. The number of hydrogen-bond donors (Lipinski definition) is 2. The molecule has 136 valence electrons. The summed E-state index contributed by atoms with van der Waals surface area (Å²) >= 11 is 1.69. The first kappa shape index (κ1) is 20.4. The van der Waals surface area contributed by atoms with E-state index in [0.717, 1.165) is 0 Å². The van der Waals surface area contributed by atoms with Gasteiger partial charge in [0, 0.05) is 24.4 Å². The van der Waals surface area contributed by atoms with E-state index in [4.69, 9.17) is 4.74 Å². The van der Waals surface area contributed by atoms with Crippen molar-refractivity contribution < 1.29 is 14.3 Å². The van der Waals surface area contributed by atoms with Gasteiger partial charge in [-0.1, -0.05) is 6.07 Å². The Morgan fingerprint density at radius 3 is 2.54 bits per heavy atom.